The zero-order valence-corrected chi connectivity index (χ0v) is 10.2. The van der Waals surface area contributed by atoms with E-state index in [1.54, 1.807) is 13.8 Å². The second-order valence-corrected chi connectivity index (χ2v) is 5.10. The van der Waals surface area contributed by atoms with Gasteiger partial charge in [0.15, 0.2) is 5.69 Å². The first-order chi connectivity index (χ1) is 7.82. The van der Waals surface area contributed by atoms with Crippen molar-refractivity contribution >= 4 is 16.0 Å². The lowest BCUT2D eigenvalue weighted by atomic mass is 10.3. The number of aromatic nitrogens is 2. The van der Waals surface area contributed by atoms with Crippen molar-refractivity contribution in [3.8, 4) is 0 Å². The highest BCUT2D eigenvalue weighted by atomic mass is 32.2. The summed E-state index contributed by atoms with van der Waals surface area (Å²) >= 11 is 0. The minimum Gasteiger partial charge on any atom is -0.382 e. The predicted octanol–water partition coefficient (Wildman–Crippen LogP) is -1.31. The van der Waals surface area contributed by atoms with E-state index in [0.717, 1.165) is 0 Å². The number of hydrogen-bond donors (Lipinski definition) is 4. The van der Waals surface area contributed by atoms with Crippen LogP contribution >= 0.6 is 0 Å². The standard InChI is InChI=1S/C7H14N6O3S/c1-4(2)13-17(14,15)10-3-5-6(7(8)9)12-16-11-5/h4,10,13H,3H2,1-2H3,(H3,8,9). The van der Waals surface area contributed by atoms with Gasteiger partial charge in [0.1, 0.15) is 11.5 Å². The van der Waals surface area contributed by atoms with Crippen LogP contribution in [0.5, 0.6) is 0 Å². The Hall–Kier alpha value is -1.52. The molecule has 96 valence electrons. The van der Waals surface area contributed by atoms with Crippen molar-refractivity contribution in [1.29, 1.82) is 5.41 Å². The molecule has 0 aliphatic rings. The van der Waals surface area contributed by atoms with E-state index in [0.29, 0.717) is 0 Å². The summed E-state index contributed by atoms with van der Waals surface area (Å²) in [5, 5.41) is 14.0. The molecule has 9 nitrogen and oxygen atoms in total. The van der Waals surface area contributed by atoms with E-state index in [1.165, 1.54) is 0 Å². The van der Waals surface area contributed by atoms with Gasteiger partial charge in [-0.3, -0.25) is 5.41 Å². The summed E-state index contributed by atoms with van der Waals surface area (Å²) in [5.41, 5.74) is 5.39. The average Bonchev–Trinajstić information content (AvgIpc) is 2.60. The molecular weight excluding hydrogens is 248 g/mol. The normalized spacial score (nSPS) is 11.9. The lowest BCUT2D eigenvalue weighted by Gasteiger charge is -2.09. The van der Waals surface area contributed by atoms with Crippen LogP contribution in [0.3, 0.4) is 0 Å². The first kappa shape index (κ1) is 13.5. The summed E-state index contributed by atoms with van der Waals surface area (Å²) in [7, 11) is -3.62. The Morgan fingerprint density at radius 2 is 2.18 bits per heavy atom. The highest BCUT2D eigenvalue weighted by molar-refractivity contribution is 7.87. The molecule has 0 radical (unpaired) electrons. The van der Waals surface area contributed by atoms with E-state index < -0.39 is 10.2 Å². The van der Waals surface area contributed by atoms with Crippen LogP contribution < -0.4 is 15.2 Å². The second-order valence-electron chi connectivity index (χ2n) is 3.57. The van der Waals surface area contributed by atoms with Gasteiger partial charge in [-0.1, -0.05) is 5.16 Å². The van der Waals surface area contributed by atoms with E-state index >= 15 is 0 Å². The molecule has 5 N–H and O–H groups in total. The second kappa shape index (κ2) is 5.21. The molecule has 0 fully saturated rings. The molecule has 0 aliphatic heterocycles. The largest absolute Gasteiger partial charge is 0.382 e. The Morgan fingerprint density at radius 3 is 2.71 bits per heavy atom. The maximum atomic E-state index is 11.4. The fourth-order valence-corrected chi connectivity index (χ4v) is 2.07. The van der Waals surface area contributed by atoms with Gasteiger partial charge in [-0.2, -0.15) is 17.9 Å². The Kier molecular flexibility index (Phi) is 4.15. The maximum absolute atomic E-state index is 11.4. The molecule has 0 aromatic carbocycles. The minimum absolute atomic E-state index is 0.0252. The highest BCUT2D eigenvalue weighted by Crippen LogP contribution is 2.01. The first-order valence-corrected chi connectivity index (χ1v) is 6.23. The molecule has 0 saturated heterocycles. The lowest BCUT2D eigenvalue weighted by Crippen LogP contribution is -2.40. The molecule has 0 amide bonds. The molecule has 1 heterocycles. The molecule has 1 aromatic heterocycles. The number of nitrogens with zero attached hydrogens (tertiary/aromatic N) is 2. The molecule has 0 saturated carbocycles. The maximum Gasteiger partial charge on any atom is 0.277 e. The van der Waals surface area contributed by atoms with Gasteiger partial charge in [0.2, 0.25) is 0 Å². The Labute approximate surface area is 98.4 Å². The zero-order valence-electron chi connectivity index (χ0n) is 9.39. The molecular formula is C7H14N6O3S. The average molecular weight is 262 g/mol. The number of nitrogens with two attached hydrogens (primary N) is 1. The van der Waals surface area contributed by atoms with Crippen LogP contribution in [0.4, 0.5) is 0 Å². The minimum atomic E-state index is -3.62. The van der Waals surface area contributed by atoms with E-state index in [2.05, 4.69) is 24.4 Å². The number of nitrogens with one attached hydrogen (secondary N) is 3. The van der Waals surface area contributed by atoms with Gasteiger partial charge in [0.05, 0.1) is 6.54 Å². The van der Waals surface area contributed by atoms with Gasteiger partial charge in [-0.05, 0) is 19.0 Å². The van der Waals surface area contributed by atoms with E-state index in [9.17, 15) is 8.42 Å². The van der Waals surface area contributed by atoms with Crippen molar-refractivity contribution in [1.82, 2.24) is 19.8 Å². The third kappa shape index (κ3) is 4.09. The molecule has 10 heteroatoms. The van der Waals surface area contributed by atoms with Crippen molar-refractivity contribution in [2.75, 3.05) is 0 Å². The number of rotatable bonds is 6. The molecule has 1 rings (SSSR count). The number of hydrogen-bond acceptors (Lipinski definition) is 6. The van der Waals surface area contributed by atoms with Gasteiger partial charge >= 0.3 is 0 Å². The van der Waals surface area contributed by atoms with Crippen molar-refractivity contribution in [2.24, 2.45) is 5.73 Å². The SMILES string of the molecule is CC(C)NS(=O)(=O)NCc1nonc1C(=N)N. The predicted molar refractivity (Wildman–Crippen MR) is 59.3 cm³/mol. The first-order valence-electron chi connectivity index (χ1n) is 4.74. The van der Waals surface area contributed by atoms with Gasteiger partial charge in [0, 0.05) is 6.04 Å². The van der Waals surface area contributed by atoms with Gasteiger partial charge in [-0.25, -0.2) is 4.63 Å². The van der Waals surface area contributed by atoms with Gasteiger partial charge in [-0.15, -0.1) is 0 Å². The Balaban J connectivity index is 2.68. The van der Waals surface area contributed by atoms with E-state index in [-0.39, 0.29) is 29.8 Å². The summed E-state index contributed by atoms with van der Waals surface area (Å²) in [6, 6.07) is -0.227. The fourth-order valence-electron chi connectivity index (χ4n) is 1.04. The van der Waals surface area contributed by atoms with Crippen LogP contribution in [0.25, 0.3) is 0 Å². The molecule has 17 heavy (non-hydrogen) atoms. The summed E-state index contributed by atoms with van der Waals surface area (Å²) in [5.74, 6) is -0.336. The summed E-state index contributed by atoms with van der Waals surface area (Å²) in [6.45, 7) is 3.23. The third-order valence-electron chi connectivity index (χ3n) is 1.63. The van der Waals surface area contributed by atoms with E-state index in [1.807, 2.05) is 0 Å². The Bertz CT molecular complexity index is 493. The topological polar surface area (TPSA) is 147 Å². The molecule has 0 atom stereocenters. The van der Waals surface area contributed by atoms with Crippen LogP contribution in [0.2, 0.25) is 0 Å². The molecule has 1 aromatic rings. The molecule has 0 bridgehead atoms. The lowest BCUT2D eigenvalue weighted by molar-refractivity contribution is 0.302. The van der Waals surface area contributed by atoms with Crippen LogP contribution in [-0.2, 0) is 16.8 Å². The third-order valence-corrected chi connectivity index (χ3v) is 2.94. The summed E-state index contributed by atoms with van der Waals surface area (Å²) < 4.78 is 31.8. The molecule has 0 aliphatic carbocycles. The zero-order chi connectivity index (χ0) is 13.1. The van der Waals surface area contributed by atoms with Crippen molar-refractivity contribution in [3.63, 3.8) is 0 Å². The number of amidine groups is 1. The Morgan fingerprint density at radius 1 is 1.53 bits per heavy atom. The van der Waals surface area contributed by atoms with Crippen LogP contribution in [0, 0.1) is 5.41 Å². The smallest absolute Gasteiger partial charge is 0.277 e. The number of nitrogen functional groups attached to an aromatic ring is 1. The van der Waals surface area contributed by atoms with Crippen molar-refractivity contribution in [3.05, 3.63) is 11.4 Å². The van der Waals surface area contributed by atoms with Crippen LogP contribution in [0.1, 0.15) is 25.2 Å². The monoisotopic (exact) mass is 262 g/mol. The van der Waals surface area contributed by atoms with Gasteiger partial charge < -0.3 is 5.73 Å². The van der Waals surface area contributed by atoms with Crippen LogP contribution in [0.15, 0.2) is 4.63 Å². The van der Waals surface area contributed by atoms with Crippen LogP contribution in [-0.4, -0.2) is 30.6 Å². The summed E-state index contributed by atoms with van der Waals surface area (Å²) in [4.78, 5) is 0. The van der Waals surface area contributed by atoms with Crippen molar-refractivity contribution in [2.45, 2.75) is 26.4 Å². The molecule has 0 spiro atoms. The summed E-state index contributed by atoms with van der Waals surface area (Å²) in [6.07, 6.45) is 0. The van der Waals surface area contributed by atoms with E-state index in [4.69, 9.17) is 11.1 Å². The fraction of sp³-hybridized carbons (Fsp3) is 0.571. The van der Waals surface area contributed by atoms with Gasteiger partial charge in [0.25, 0.3) is 10.2 Å². The van der Waals surface area contributed by atoms with Crippen molar-refractivity contribution < 1.29 is 13.0 Å². The molecule has 0 unspecified atom stereocenters. The quantitative estimate of drug-likeness (QED) is 0.369. The highest BCUT2D eigenvalue weighted by Gasteiger charge is 2.16.